The second-order valence-corrected chi connectivity index (χ2v) is 10.3. The average molecular weight is 454 g/mol. The summed E-state index contributed by atoms with van der Waals surface area (Å²) >= 11 is 0. The van der Waals surface area contributed by atoms with Crippen molar-refractivity contribution in [3.63, 3.8) is 0 Å². The number of nitrogens with zero attached hydrogens (tertiary/aromatic N) is 3. The van der Waals surface area contributed by atoms with Crippen LogP contribution in [0.1, 0.15) is 51.3 Å². The second-order valence-electron chi connectivity index (χ2n) is 10.3. The first-order chi connectivity index (χ1) is 15.7. The minimum Gasteiger partial charge on any atom is -0.464 e. The van der Waals surface area contributed by atoms with E-state index >= 15 is 0 Å². The number of hydrogen-bond donors (Lipinski definition) is 0. The summed E-state index contributed by atoms with van der Waals surface area (Å²) in [5, 5.41) is 5.52. The van der Waals surface area contributed by atoms with Gasteiger partial charge >= 0.3 is 6.09 Å². The molecule has 0 atom stereocenters. The van der Waals surface area contributed by atoms with E-state index in [2.05, 4.69) is 22.2 Å². The number of benzene rings is 1. The summed E-state index contributed by atoms with van der Waals surface area (Å²) in [7, 11) is 4.09. The molecule has 1 aromatic carbocycles. The molecule has 7 heteroatoms. The number of furan rings is 1. The summed E-state index contributed by atoms with van der Waals surface area (Å²) < 4.78 is 17.0. The SMILES string of the molecule is CN(C)Cc1c(-c2ccco2)ccc2c(CCC3CCN(C(=O)OC(C)(C)C)CC3)noc12. The van der Waals surface area contributed by atoms with Crippen molar-refractivity contribution in [1.82, 2.24) is 15.0 Å². The Morgan fingerprint density at radius 1 is 1.21 bits per heavy atom. The highest BCUT2D eigenvalue weighted by Crippen LogP contribution is 2.34. The van der Waals surface area contributed by atoms with Crippen LogP contribution in [0.5, 0.6) is 0 Å². The molecule has 1 fully saturated rings. The Labute approximate surface area is 195 Å². The molecule has 0 unspecified atom stereocenters. The molecule has 0 aliphatic carbocycles. The molecule has 33 heavy (non-hydrogen) atoms. The molecule has 1 aliphatic heterocycles. The maximum Gasteiger partial charge on any atom is 0.410 e. The highest BCUT2D eigenvalue weighted by Gasteiger charge is 2.27. The van der Waals surface area contributed by atoms with Gasteiger partial charge in [0.05, 0.1) is 12.0 Å². The third-order valence-corrected chi connectivity index (χ3v) is 6.14. The number of carbonyl (C=O) groups is 1. The lowest BCUT2D eigenvalue weighted by Crippen LogP contribution is -2.41. The van der Waals surface area contributed by atoms with Gasteiger partial charge in [0.15, 0.2) is 5.58 Å². The Kier molecular flexibility index (Phi) is 6.79. The number of ether oxygens (including phenoxy) is 1. The molecule has 1 saturated heterocycles. The van der Waals surface area contributed by atoms with Crippen LogP contribution in [0.25, 0.3) is 22.3 Å². The Hall–Kier alpha value is -2.80. The minimum atomic E-state index is -0.454. The van der Waals surface area contributed by atoms with E-state index in [1.165, 1.54) is 0 Å². The molecule has 2 aromatic heterocycles. The second kappa shape index (κ2) is 9.59. The van der Waals surface area contributed by atoms with Crippen LogP contribution in [0.2, 0.25) is 0 Å². The lowest BCUT2D eigenvalue weighted by Gasteiger charge is -2.33. The molecule has 0 radical (unpaired) electrons. The molecule has 178 valence electrons. The zero-order chi connectivity index (χ0) is 23.6. The molecular weight excluding hydrogens is 418 g/mol. The lowest BCUT2D eigenvalue weighted by molar-refractivity contribution is 0.0181. The van der Waals surface area contributed by atoms with Gasteiger partial charge in [0.2, 0.25) is 0 Å². The van der Waals surface area contributed by atoms with E-state index in [1.54, 1.807) is 6.26 Å². The van der Waals surface area contributed by atoms with E-state index in [4.69, 9.17) is 13.7 Å². The van der Waals surface area contributed by atoms with Crippen LogP contribution in [0.4, 0.5) is 4.79 Å². The summed E-state index contributed by atoms with van der Waals surface area (Å²) in [4.78, 5) is 16.3. The molecule has 0 spiro atoms. The van der Waals surface area contributed by atoms with Gasteiger partial charge in [-0.25, -0.2) is 4.79 Å². The fourth-order valence-corrected chi connectivity index (χ4v) is 4.50. The maximum absolute atomic E-state index is 12.3. The van der Waals surface area contributed by atoms with Gasteiger partial charge in [0.25, 0.3) is 0 Å². The van der Waals surface area contributed by atoms with Crippen molar-refractivity contribution in [3.05, 3.63) is 41.8 Å². The number of aromatic nitrogens is 1. The molecule has 0 bridgehead atoms. The van der Waals surface area contributed by atoms with Gasteiger partial charge in [-0.3, -0.25) is 0 Å². The number of fused-ring (bicyclic) bond motifs is 1. The van der Waals surface area contributed by atoms with Crippen LogP contribution >= 0.6 is 0 Å². The molecule has 0 saturated carbocycles. The van der Waals surface area contributed by atoms with Crippen LogP contribution in [-0.2, 0) is 17.7 Å². The van der Waals surface area contributed by atoms with Crippen molar-refractivity contribution in [1.29, 1.82) is 0 Å². The molecule has 1 aliphatic rings. The largest absolute Gasteiger partial charge is 0.464 e. The van der Waals surface area contributed by atoms with Crippen LogP contribution in [0, 0.1) is 5.92 Å². The molecule has 1 amide bonds. The number of carbonyl (C=O) groups excluding carboxylic acids is 1. The molecule has 7 nitrogen and oxygen atoms in total. The van der Waals surface area contributed by atoms with Gasteiger partial charge in [-0.05, 0) is 90.7 Å². The minimum absolute atomic E-state index is 0.204. The Morgan fingerprint density at radius 2 is 1.97 bits per heavy atom. The van der Waals surface area contributed by atoms with E-state index in [-0.39, 0.29) is 6.09 Å². The predicted octanol–water partition coefficient (Wildman–Crippen LogP) is 5.73. The fraction of sp³-hybridized carbons (Fsp3) is 0.538. The van der Waals surface area contributed by atoms with Gasteiger partial charge in [0, 0.05) is 36.1 Å². The fourth-order valence-electron chi connectivity index (χ4n) is 4.50. The number of aryl methyl sites for hydroxylation is 1. The monoisotopic (exact) mass is 453 g/mol. The third kappa shape index (κ3) is 5.58. The first-order valence-electron chi connectivity index (χ1n) is 11.8. The molecule has 3 aromatic rings. The lowest BCUT2D eigenvalue weighted by atomic mass is 9.91. The van der Waals surface area contributed by atoms with Crippen LogP contribution in [0.3, 0.4) is 0 Å². The van der Waals surface area contributed by atoms with Crippen molar-refractivity contribution in [2.75, 3.05) is 27.2 Å². The highest BCUT2D eigenvalue weighted by atomic mass is 16.6. The van der Waals surface area contributed by atoms with Crippen LogP contribution in [-0.4, -0.2) is 53.8 Å². The summed E-state index contributed by atoms with van der Waals surface area (Å²) in [5.41, 5.74) is 3.53. The summed E-state index contributed by atoms with van der Waals surface area (Å²) in [6.07, 6.45) is 5.37. The molecule has 3 heterocycles. The number of rotatable bonds is 6. The Bertz CT molecular complexity index is 1070. The number of hydrogen-bond acceptors (Lipinski definition) is 6. The van der Waals surface area contributed by atoms with E-state index in [0.717, 1.165) is 78.9 Å². The smallest absolute Gasteiger partial charge is 0.410 e. The predicted molar refractivity (Wildman–Crippen MR) is 128 cm³/mol. The summed E-state index contributed by atoms with van der Waals surface area (Å²) in [6, 6.07) is 8.09. The van der Waals surface area contributed by atoms with Crippen molar-refractivity contribution >= 4 is 17.1 Å². The maximum atomic E-state index is 12.3. The molecule has 0 N–H and O–H groups in total. The van der Waals surface area contributed by atoms with Crippen molar-refractivity contribution in [2.45, 2.75) is 58.6 Å². The van der Waals surface area contributed by atoms with Gasteiger partial charge in [-0.15, -0.1) is 0 Å². The zero-order valence-electron chi connectivity index (χ0n) is 20.4. The zero-order valence-corrected chi connectivity index (χ0v) is 20.4. The number of piperidine rings is 1. The van der Waals surface area contributed by atoms with Gasteiger partial charge in [0.1, 0.15) is 11.4 Å². The van der Waals surface area contributed by atoms with Crippen LogP contribution < -0.4 is 0 Å². The quantitative estimate of drug-likeness (QED) is 0.475. The van der Waals surface area contributed by atoms with Crippen molar-refractivity contribution in [3.8, 4) is 11.3 Å². The number of likely N-dealkylation sites (tertiary alicyclic amines) is 1. The third-order valence-electron chi connectivity index (χ3n) is 6.14. The Balaban J connectivity index is 1.42. The first-order valence-corrected chi connectivity index (χ1v) is 11.8. The Morgan fingerprint density at radius 3 is 2.61 bits per heavy atom. The van der Waals surface area contributed by atoms with Gasteiger partial charge < -0.3 is 23.5 Å². The van der Waals surface area contributed by atoms with Crippen molar-refractivity contribution in [2.24, 2.45) is 5.92 Å². The summed E-state index contributed by atoms with van der Waals surface area (Å²) in [6.45, 7) is 7.95. The first kappa shape index (κ1) is 23.4. The van der Waals surface area contributed by atoms with Gasteiger partial charge in [-0.2, -0.15) is 0 Å². The van der Waals surface area contributed by atoms with E-state index in [1.807, 2.05) is 51.9 Å². The van der Waals surface area contributed by atoms with E-state index in [9.17, 15) is 4.79 Å². The van der Waals surface area contributed by atoms with Crippen molar-refractivity contribution < 1.29 is 18.5 Å². The van der Waals surface area contributed by atoms with E-state index < -0.39 is 5.60 Å². The molecule has 4 rings (SSSR count). The highest BCUT2D eigenvalue weighted by molar-refractivity contribution is 5.88. The number of amides is 1. The van der Waals surface area contributed by atoms with Crippen LogP contribution in [0.15, 0.2) is 39.5 Å². The van der Waals surface area contributed by atoms with Gasteiger partial charge in [-0.1, -0.05) is 5.16 Å². The average Bonchev–Trinajstić information content (AvgIpc) is 3.41. The topological polar surface area (TPSA) is 72.0 Å². The summed E-state index contributed by atoms with van der Waals surface area (Å²) in [5.74, 6) is 1.41. The normalized spacial score (nSPS) is 15.5. The molecular formula is C26H35N3O4. The van der Waals surface area contributed by atoms with E-state index in [0.29, 0.717) is 5.92 Å². The standard InChI is InChI=1S/C26H35N3O4/c1-26(2,3)32-25(30)29-14-12-18(13-15-29)8-11-22-20-10-9-19(23-7-6-16-31-23)21(17-28(4)5)24(20)33-27-22/h6-7,9-10,16,18H,8,11-15,17H2,1-5H3.